The molecule has 2 rings (SSSR count). The van der Waals surface area contributed by atoms with E-state index in [0.29, 0.717) is 0 Å². The first-order valence-electron chi connectivity index (χ1n) is 6.88. The van der Waals surface area contributed by atoms with Crippen molar-refractivity contribution in [3.63, 3.8) is 0 Å². The largest absolute Gasteiger partial charge is 0.377 e. The van der Waals surface area contributed by atoms with Crippen molar-refractivity contribution in [2.75, 3.05) is 28.2 Å². The first-order valence-corrected chi connectivity index (χ1v) is 6.88. The molecule has 3 heteroatoms. The Labute approximate surface area is 148 Å². The van der Waals surface area contributed by atoms with Crippen molar-refractivity contribution in [2.45, 2.75) is 12.8 Å². The van der Waals surface area contributed by atoms with Gasteiger partial charge >= 0.3 is 0 Å². The molecule has 21 heavy (non-hydrogen) atoms. The van der Waals surface area contributed by atoms with Gasteiger partial charge < -0.3 is 9.80 Å². The van der Waals surface area contributed by atoms with Gasteiger partial charge in [-0.25, -0.2) is 0 Å². The average Bonchev–Trinajstić information content (AvgIpc) is 2.40. The van der Waals surface area contributed by atoms with Gasteiger partial charge in [0.05, 0.1) is 0 Å². The van der Waals surface area contributed by atoms with Crippen LogP contribution in [0, 0.1) is 0 Å². The fourth-order valence-corrected chi connectivity index (χ4v) is 2.11. The summed E-state index contributed by atoms with van der Waals surface area (Å²) in [4.78, 5) is 4.18. The van der Waals surface area contributed by atoms with Crippen LogP contribution in [0.1, 0.15) is 12.8 Å². The van der Waals surface area contributed by atoms with Crippen LogP contribution < -0.4 is 0 Å². The number of nitrogens with zero attached hydrogens (tertiary/aromatic N) is 2. The third kappa shape index (κ3) is 6.47. The van der Waals surface area contributed by atoms with Crippen molar-refractivity contribution in [1.29, 1.82) is 0 Å². The molecule has 0 spiro atoms. The smallest absolute Gasteiger partial charge is 0.0390 e. The Morgan fingerprint density at radius 3 is 1.29 bits per heavy atom. The van der Waals surface area contributed by atoms with Gasteiger partial charge in [0, 0.05) is 65.4 Å². The summed E-state index contributed by atoms with van der Waals surface area (Å²) in [5.74, 6) is 0. The van der Waals surface area contributed by atoms with E-state index in [2.05, 4.69) is 59.4 Å². The Bertz CT molecular complexity index is 445. The van der Waals surface area contributed by atoms with Crippen molar-refractivity contribution in [2.24, 2.45) is 0 Å². The van der Waals surface area contributed by atoms with Crippen LogP contribution in [-0.4, -0.2) is 38.0 Å². The van der Waals surface area contributed by atoms with E-state index in [4.69, 9.17) is 0 Å². The van der Waals surface area contributed by atoms with Gasteiger partial charge in [0.2, 0.25) is 0 Å². The van der Waals surface area contributed by atoms with Gasteiger partial charge in [0.25, 0.3) is 0 Å². The quantitative estimate of drug-likeness (QED) is 0.763. The van der Waals surface area contributed by atoms with Gasteiger partial charge in [-0.15, -0.1) is 0 Å². The van der Waals surface area contributed by atoms with Crippen LogP contribution in [0.5, 0.6) is 0 Å². The first-order chi connectivity index (χ1) is 9.43. The number of likely N-dealkylation sites (N-methyl/N-ethyl adjacent to an activating group) is 2. The van der Waals surface area contributed by atoms with Crippen LogP contribution in [-0.2, 0) is 25.8 Å². The minimum absolute atomic E-state index is 0. The summed E-state index contributed by atoms with van der Waals surface area (Å²) in [5.41, 5.74) is 4.88. The van der Waals surface area contributed by atoms with E-state index in [0.717, 1.165) is 12.8 Å². The summed E-state index contributed by atoms with van der Waals surface area (Å²) < 4.78 is 0. The number of allylic oxidation sites excluding steroid dienone is 8. The Kier molecular flexibility index (Phi) is 9.27. The summed E-state index contributed by atoms with van der Waals surface area (Å²) in [6.07, 6.45) is 14.5. The van der Waals surface area contributed by atoms with Gasteiger partial charge in [0.1, 0.15) is 0 Å². The maximum atomic E-state index is 3.96. The van der Waals surface area contributed by atoms with E-state index in [-0.39, 0.29) is 25.8 Å². The van der Waals surface area contributed by atoms with Crippen LogP contribution in [0.15, 0.2) is 72.2 Å². The van der Waals surface area contributed by atoms with E-state index in [1.165, 1.54) is 22.5 Å². The SMILES string of the molecule is C=C1CC=CC=C1N(C)C.C=C1CC=CC=C1N(C)C.[Sc]. The van der Waals surface area contributed by atoms with E-state index < -0.39 is 0 Å². The predicted molar refractivity (Wildman–Crippen MR) is 89.3 cm³/mol. The minimum Gasteiger partial charge on any atom is -0.377 e. The summed E-state index contributed by atoms with van der Waals surface area (Å²) >= 11 is 0. The van der Waals surface area contributed by atoms with Crippen LogP contribution in [0.3, 0.4) is 0 Å². The van der Waals surface area contributed by atoms with Crippen LogP contribution in [0.25, 0.3) is 0 Å². The second-order valence-electron chi connectivity index (χ2n) is 5.36. The molecule has 0 aliphatic heterocycles. The third-order valence-electron chi connectivity index (χ3n) is 3.20. The maximum absolute atomic E-state index is 3.96. The molecule has 2 aliphatic rings. The topological polar surface area (TPSA) is 6.48 Å². The molecular formula is C18H26N2Sc. The van der Waals surface area contributed by atoms with Gasteiger partial charge in [-0.05, 0) is 36.1 Å². The van der Waals surface area contributed by atoms with E-state index in [1.807, 2.05) is 28.2 Å². The molecule has 0 saturated carbocycles. The molecule has 2 nitrogen and oxygen atoms in total. The summed E-state index contributed by atoms with van der Waals surface area (Å²) in [6.45, 7) is 7.91. The molecule has 0 unspecified atom stereocenters. The average molecular weight is 315 g/mol. The van der Waals surface area contributed by atoms with Gasteiger partial charge in [-0.1, -0.05) is 37.5 Å². The van der Waals surface area contributed by atoms with Gasteiger partial charge in [-0.2, -0.15) is 0 Å². The molecule has 0 bridgehead atoms. The molecule has 1 radical (unpaired) electrons. The summed E-state index contributed by atoms with van der Waals surface area (Å²) in [5, 5.41) is 0. The Morgan fingerprint density at radius 2 is 1.10 bits per heavy atom. The zero-order chi connectivity index (χ0) is 15.1. The number of rotatable bonds is 2. The Balaban J connectivity index is 0.000000364. The second kappa shape index (κ2) is 9.78. The molecule has 0 aromatic carbocycles. The van der Waals surface area contributed by atoms with E-state index >= 15 is 0 Å². The molecular weight excluding hydrogens is 289 g/mol. The van der Waals surface area contributed by atoms with Crippen molar-refractivity contribution < 1.29 is 25.8 Å². The van der Waals surface area contributed by atoms with Crippen molar-refractivity contribution in [3.05, 3.63) is 72.2 Å². The molecule has 0 fully saturated rings. The van der Waals surface area contributed by atoms with Crippen LogP contribution >= 0.6 is 0 Å². The standard InChI is InChI=1S/2C9H13N.Sc/c2*1-8-6-4-5-7-9(8)10(2)3;/h2*4-5,7H,1,6H2,2-3H3;. The van der Waals surface area contributed by atoms with E-state index in [1.54, 1.807) is 0 Å². The second-order valence-corrected chi connectivity index (χ2v) is 5.36. The molecule has 2 aliphatic carbocycles. The zero-order valence-corrected chi connectivity index (χ0v) is 15.6. The Morgan fingerprint density at radius 1 is 0.762 bits per heavy atom. The molecule has 0 atom stereocenters. The maximum Gasteiger partial charge on any atom is 0.0390 e. The fraction of sp³-hybridized carbons (Fsp3) is 0.333. The van der Waals surface area contributed by atoms with Crippen molar-refractivity contribution in [1.82, 2.24) is 9.80 Å². The van der Waals surface area contributed by atoms with E-state index in [9.17, 15) is 0 Å². The molecule has 111 valence electrons. The van der Waals surface area contributed by atoms with Crippen LogP contribution in [0.4, 0.5) is 0 Å². The normalized spacial score (nSPS) is 16.2. The monoisotopic (exact) mass is 315 g/mol. The van der Waals surface area contributed by atoms with Crippen LogP contribution in [0.2, 0.25) is 0 Å². The fourth-order valence-electron chi connectivity index (χ4n) is 2.11. The molecule has 0 amide bonds. The molecule has 0 aromatic rings. The number of hydrogen-bond donors (Lipinski definition) is 0. The molecule has 0 aromatic heterocycles. The zero-order valence-electron chi connectivity index (χ0n) is 13.8. The summed E-state index contributed by atoms with van der Waals surface area (Å²) in [6, 6.07) is 0. The minimum atomic E-state index is 0. The number of hydrogen-bond acceptors (Lipinski definition) is 2. The van der Waals surface area contributed by atoms with Gasteiger partial charge in [-0.3, -0.25) is 0 Å². The predicted octanol–water partition coefficient (Wildman–Crippen LogP) is 3.89. The van der Waals surface area contributed by atoms with Crippen molar-refractivity contribution in [3.8, 4) is 0 Å². The Hall–Kier alpha value is -1.09. The molecule has 0 heterocycles. The first kappa shape index (κ1) is 19.9. The third-order valence-corrected chi connectivity index (χ3v) is 3.20. The summed E-state index contributed by atoms with van der Waals surface area (Å²) in [7, 11) is 8.15. The molecule has 0 saturated heterocycles. The van der Waals surface area contributed by atoms with Gasteiger partial charge in [0.15, 0.2) is 0 Å². The molecule has 0 N–H and O–H groups in total. The van der Waals surface area contributed by atoms with Crippen molar-refractivity contribution >= 4 is 0 Å².